The zero-order valence-electron chi connectivity index (χ0n) is 18.0. The van der Waals surface area contributed by atoms with E-state index in [1.54, 1.807) is 24.3 Å². The van der Waals surface area contributed by atoms with Crippen LogP contribution in [0.1, 0.15) is 24.0 Å². The van der Waals surface area contributed by atoms with Crippen molar-refractivity contribution in [2.75, 3.05) is 18.4 Å². The van der Waals surface area contributed by atoms with E-state index in [1.807, 2.05) is 6.92 Å². The van der Waals surface area contributed by atoms with Gasteiger partial charge in [0.25, 0.3) is 0 Å². The van der Waals surface area contributed by atoms with Crippen molar-refractivity contribution in [1.82, 2.24) is 14.5 Å². The normalized spacial score (nSPS) is 15.9. The quantitative estimate of drug-likeness (QED) is 0.573. The summed E-state index contributed by atoms with van der Waals surface area (Å²) >= 11 is 0. The molecule has 0 aliphatic carbocycles. The maximum Gasteiger partial charge on any atom is 0.416 e. The second kappa shape index (κ2) is 9.18. The van der Waals surface area contributed by atoms with Gasteiger partial charge in [0.15, 0.2) is 0 Å². The number of halogens is 3. The summed E-state index contributed by atoms with van der Waals surface area (Å²) in [6.45, 7) is 2.25. The minimum absolute atomic E-state index is 0.0389. The number of nitrogens with one attached hydrogen (secondary N) is 1. The number of hydrogen-bond donors (Lipinski definition) is 1. The van der Waals surface area contributed by atoms with E-state index in [4.69, 9.17) is 4.42 Å². The summed E-state index contributed by atoms with van der Waals surface area (Å²) < 4.78 is 70.4. The van der Waals surface area contributed by atoms with Crippen LogP contribution in [0.4, 0.5) is 19.2 Å². The number of rotatable bonds is 5. The van der Waals surface area contributed by atoms with Crippen LogP contribution in [0, 0.1) is 12.8 Å². The van der Waals surface area contributed by atoms with Crippen LogP contribution in [-0.2, 0) is 21.0 Å². The third kappa shape index (κ3) is 5.12. The van der Waals surface area contributed by atoms with Gasteiger partial charge in [0.2, 0.25) is 21.8 Å². The molecule has 34 heavy (non-hydrogen) atoms. The van der Waals surface area contributed by atoms with Gasteiger partial charge in [0.05, 0.1) is 10.5 Å². The predicted molar refractivity (Wildman–Crippen MR) is 116 cm³/mol. The first-order valence-corrected chi connectivity index (χ1v) is 11.9. The van der Waals surface area contributed by atoms with Crippen LogP contribution in [0.25, 0.3) is 11.5 Å². The Kier molecular flexibility index (Phi) is 6.45. The Morgan fingerprint density at radius 3 is 2.24 bits per heavy atom. The molecule has 1 aliphatic rings. The zero-order chi connectivity index (χ0) is 24.5. The highest BCUT2D eigenvalue weighted by Gasteiger charge is 2.33. The van der Waals surface area contributed by atoms with Crippen molar-refractivity contribution in [3.05, 3.63) is 59.7 Å². The average Bonchev–Trinajstić information content (AvgIpc) is 3.27. The van der Waals surface area contributed by atoms with Crippen molar-refractivity contribution < 1.29 is 30.8 Å². The van der Waals surface area contributed by atoms with Crippen molar-refractivity contribution in [2.45, 2.75) is 30.8 Å². The molecule has 2 heterocycles. The second-order valence-corrected chi connectivity index (χ2v) is 9.91. The Labute approximate surface area is 193 Å². The van der Waals surface area contributed by atoms with Crippen molar-refractivity contribution >= 4 is 21.9 Å². The lowest BCUT2D eigenvalue weighted by molar-refractivity contribution is -0.137. The Morgan fingerprint density at radius 1 is 1.03 bits per heavy atom. The lowest BCUT2D eigenvalue weighted by atomic mass is 9.97. The van der Waals surface area contributed by atoms with Crippen LogP contribution in [0.2, 0.25) is 0 Å². The van der Waals surface area contributed by atoms with Crippen LogP contribution in [0.15, 0.2) is 57.8 Å². The molecule has 0 unspecified atom stereocenters. The van der Waals surface area contributed by atoms with E-state index in [2.05, 4.69) is 15.5 Å². The van der Waals surface area contributed by atoms with E-state index in [-0.39, 0.29) is 35.5 Å². The summed E-state index contributed by atoms with van der Waals surface area (Å²) in [7, 11) is -3.64. The van der Waals surface area contributed by atoms with Gasteiger partial charge in [0.1, 0.15) is 0 Å². The monoisotopic (exact) mass is 494 g/mol. The highest BCUT2D eigenvalue weighted by atomic mass is 32.2. The molecule has 1 aromatic heterocycles. The minimum Gasteiger partial charge on any atom is -0.403 e. The van der Waals surface area contributed by atoms with E-state index in [9.17, 15) is 26.4 Å². The zero-order valence-corrected chi connectivity index (χ0v) is 18.9. The van der Waals surface area contributed by atoms with Gasteiger partial charge < -0.3 is 4.42 Å². The number of amides is 1. The first-order valence-electron chi connectivity index (χ1n) is 10.4. The number of aryl methyl sites for hydroxylation is 1. The van der Waals surface area contributed by atoms with E-state index in [0.717, 1.165) is 17.7 Å². The Balaban J connectivity index is 1.35. The van der Waals surface area contributed by atoms with Crippen LogP contribution in [0.3, 0.4) is 0 Å². The molecule has 2 aromatic carbocycles. The third-order valence-corrected chi connectivity index (χ3v) is 7.51. The fraction of sp³-hybridized carbons (Fsp3) is 0.318. The minimum atomic E-state index is -4.46. The van der Waals surface area contributed by atoms with Crippen molar-refractivity contribution in [3.63, 3.8) is 0 Å². The lowest BCUT2D eigenvalue weighted by Crippen LogP contribution is -2.41. The number of aromatic nitrogens is 2. The van der Waals surface area contributed by atoms with Gasteiger partial charge in [-0.3, -0.25) is 10.1 Å². The first-order chi connectivity index (χ1) is 16.0. The van der Waals surface area contributed by atoms with Crippen LogP contribution in [-0.4, -0.2) is 41.9 Å². The van der Waals surface area contributed by atoms with Crippen LogP contribution >= 0.6 is 0 Å². The maximum atomic E-state index is 12.8. The number of nitrogens with zero attached hydrogens (tertiary/aromatic N) is 3. The molecule has 0 saturated carbocycles. The fourth-order valence-electron chi connectivity index (χ4n) is 3.62. The smallest absolute Gasteiger partial charge is 0.403 e. The van der Waals surface area contributed by atoms with Crippen molar-refractivity contribution in [1.29, 1.82) is 0 Å². The molecule has 1 aliphatic heterocycles. The molecule has 0 atom stereocenters. The number of hydrogen-bond acceptors (Lipinski definition) is 6. The molecule has 180 valence electrons. The van der Waals surface area contributed by atoms with E-state index >= 15 is 0 Å². The van der Waals surface area contributed by atoms with Crippen LogP contribution < -0.4 is 5.32 Å². The SMILES string of the molecule is Cc1ccc(S(=O)(=O)N2CCC(C(=O)Nc3nnc(-c4ccc(C(F)(F)F)cc4)o3)CC2)cc1. The van der Waals surface area contributed by atoms with Gasteiger partial charge in [-0.25, -0.2) is 8.42 Å². The topological polar surface area (TPSA) is 105 Å². The summed E-state index contributed by atoms with van der Waals surface area (Å²) in [5, 5.41) is 9.98. The van der Waals surface area contributed by atoms with Gasteiger partial charge in [-0.15, -0.1) is 5.10 Å². The van der Waals surface area contributed by atoms with E-state index in [0.29, 0.717) is 12.8 Å². The second-order valence-electron chi connectivity index (χ2n) is 7.97. The Bertz CT molecular complexity index is 1260. The average molecular weight is 494 g/mol. The Hall–Kier alpha value is -3.25. The standard InChI is InChI=1S/C22H21F3N4O4S/c1-14-2-8-18(9-3-14)34(31,32)29-12-10-15(11-13-29)19(30)26-21-28-27-20(33-21)16-4-6-17(7-5-16)22(23,24)25/h2-9,15H,10-13H2,1H3,(H,26,28,30). The first kappa shape index (κ1) is 23.9. The van der Waals surface area contributed by atoms with Gasteiger partial charge >= 0.3 is 12.2 Å². The fourth-order valence-corrected chi connectivity index (χ4v) is 5.09. The molecule has 0 radical (unpaired) electrons. The number of piperidine rings is 1. The largest absolute Gasteiger partial charge is 0.416 e. The predicted octanol–water partition coefficient (Wildman–Crippen LogP) is 4.10. The molecule has 0 spiro atoms. The van der Waals surface area contributed by atoms with E-state index in [1.165, 1.54) is 16.4 Å². The molecular formula is C22H21F3N4O4S. The highest BCUT2D eigenvalue weighted by molar-refractivity contribution is 7.89. The van der Waals surface area contributed by atoms with Gasteiger partial charge in [-0.1, -0.05) is 22.8 Å². The van der Waals surface area contributed by atoms with Crippen LogP contribution in [0.5, 0.6) is 0 Å². The molecule has 4 rings (SSSR count). The maximum absolute atomic E-state index is 12.8. The number of benzene rings is 2. The lowest BCUT2D eigenvalue weighted by Gasteiger charge is -2.30. The van der Waals surface area contributed by atoms with Gasteiger partial charge in [-0.2, -0.15) is 17.5 Å². The molecule has 1 saturated heterocycles. The van der Waals surface area contributed by atoms with Gasteiger partial charge in [0, 0.05) is 24.6 Å². The molecule has 12 heteroatoms. The molecular weight excluding hydrogens is 473 g/mol. The number of carbonyl (C=O) groups excluding carboxylic acids is 1. The molecule has 1 N–H and O–H groups in total. The summed E-state index contributed by atoms with van der Waals surface area (Å²) in [5.41, 5.74) is 0.424. The number of alkyl halides is 3. The van der Waals surface area contributed by atoms with Crippen molar-refractivity contribution in [3.8, 4) is 11.5 Å². The van der Waals surface area contributed by atoms with Gasteiger partial charge in [-0.05, 0) is 56.2 Å². The number of sulfonamides is 1. The van der Waals surface area contributed by atoms with E-state index < -0.39 is 33.6 Å². The Morgan fingerprint density at radius 2 is 1.65 bits per heavy atom. The number of carbonyl (C=O) groups is 1. The molecule has 0 bridgehead atoms. The number of anilines is 1. The molecule has 1 fully saturated rings. The molecule has 3 aromatic rings. The summed E-state index contributed by atoms with van der Waals surface area (Å²) in [5.74, 6) is -0.885. The summed E-state index contributed by atoms with van der Waals surface area (Å²) in [6, 6.07) is 10.6. The summed E-state index contributed by atoms with van der Waals surface area (Å²) in [6.07, 6.45) is -3.82. The summed E-state index contributed by atoms with van der Waals surface area (Å²) in [4.78, 5) is 12.8. The highest BCUT2D eigenvalue weighted by Crippen LogP contribution is 2.31. The molecule has 8 nitrogen and oxygen atoms in total. The third-order valence-electron chi connectivity index (χ3n) is 5.60. The molecule has 1 amide bonds. The van der Waals surface area contributed by atoms with Crippen molar-refractivity contribution in [2.24, 2.45) is 5.92 Å².